The number of hydrogen-bond acceptors (Lipinski definition) is 6. The molecule has 0 bridgehead atoms. The standard InChI is InChI=1S/C24H31N5O5/c1-3-34-24(33)19-7-5-11-29(15-19)22(31)16-27(2)23(32)18-6-4-8-20(14-18)26-21(30)9-12-28-13-10-25-17-28/h4,6,8,10,13-14,17,19H,3,5,7,9,11-12,15-16H2,1-2H3,(H,26,30). The van der Waals surface area contributed by atoms with Gasteiger partial charge in [0.1, 0.15) is 0 Å². The number of carbonyl (C=O) groups excluding carboxylic acids is 4. The van der Waals surface area contributed by atoms with E-state index in [-0.39, 0.29) is 42.6 Å². The number of likely N-dealkylation sites (tertiary alicyclic amines) is 1. The van der Waals surface area contributed by atoms with Crippen LogP contribution in [-0.4, -0.2) is 76.3 Å². The van der Waals surface area contributed by atoms with Crippen molar-refractivity contribution in [2.45, 2.75) is 32.7 Å². The normalized spacial score (nSPS) is 15.5. The van der Waals surface area contributed by atoms with Crippen molar-refractivity contribution in [3.63, 3.8) is 0 Å². The van der Waals surface area contributed by atoms with Crippen LogP contribution in [0, 0.1) is 5.92 Å². The molecule has 1 fully saturated rings. The maximum Gasteiger partial charge on any atom is 0.310 e. The SMILES string of the molecule is CCOC(=O)C1CCCN(C(=O)CN(C)C(=O)c2cccc(NC(=O)CCn3ccnc3)c2)C1. The number of anilines is 1. The first-order chi connectivity index (χ1) is 16.4. The summed E-state index contributed by atoms with van der Waals surface area (Å²) in [6.07, 6.45) is 6.76. The number of ether oxygens (including phenoxy) is 1. The molecular formula is C24H31N5O5. The molecule has 10 heteroatoms. The molecule has 1 aliphatic rings. The van der Waals surface area contributed by atoms with E-state index in [1.807, 2.05) is 4.57 Å². The van der Waals surface area contributed by atoms with Gasteiger partial charge in [0, 0.05) is 56.7 Å². The first-order valence-corrected chi connectivity index (χ1v) is 11.4. The van der Waals surface area contributed by atoms with Crippen molar-refractivity contribution in [1.29, 1.82) is 0 Å². The number of esters is 1. The summed E-state index contributed by atoms with van der Waals surface area (Å²) in [6, 6.07) is 6.63. The number of amides is 3. The Hall–Kier alpha value is -3.69. The summed E-state index contributed by atoms with van der Waals surface area (Å²) >= 11 is 0. The number of carbonyl (C=O) groups is 4. The highest BCUT2D eigenvalue weighted by molar-refractivity contribution is 5.98. The number of hydrogen-bond donors (Lipinski definition) is 1. The van der Waals surface area contributed by atoms with Crippen LogP contribution in [-0.2, 0) is 25.7 Å². The molecule has 2 aromatic rings. The fourth-order valence-corrected chi connectivity index (χ4v) is 3.85. The third kappa shape index (κ3) is 6.90. The second-order valence-corrected chi connectivity index (χ2v) is 8.27. The van der Waals surface area contributed by atoms with E-state index in [1.54, 1.807) is 61.9 Å². The fraction of sp³-hybridized carbons (Fsp3) is 0.458. The van der Waals surface area contributed by atoms with Gasteiger partial charge in [-0.3, -0.25) is 19.2 Å². The van der Waals surface area contributed by atoms with Gasteiger partial charge in [-0.15, -0.1) is 0 Å². The predicted octanol–water partition coefficient (Wildman–Crippen LogP) is 1.79. The van der Waals surface area contributed by atoms with E-state index >= 15 is 0 Å². The highest BCUT2D eigenvalue weighted by Crippen LogP contribution is 2.19. The van der Waals surface area contributed by atoms with E-state index in [0.717, 1.165) is 6.42 Å². The number of benzene rings is 1. The molecule has 3 amide bonds. The quantitative estimate of drug-likeness (QED) is 0.560. The number of aromatic nitrogens is 2. The van der Waals surface area contributed by atoms with Crippen LogP contribution in [0.1, 0.15) is 36.5 Å². The van der Waals surface area contributed by atoms with Gasteiger partial charge < -0.3 is 24.4 Å². The molecular weight excluding hydrogens is 438 g/mol. The van der Waals surface area contributed by atoms with Crippen LogP contribution in [0.5, 0.6) is 0 Å². The Balaban J connectivity index is 1.53. The zero-order chi connectivity index (χ0) is 24.5. The molecule has 1 saturated heterocycles. The van der Waals surface area contributed by atoms with E-state index in [0.29, 0.717) is 43.9 Å². The molecule has 1 aliphatic heterocycles. The van der Waals surface area contributed by atoms with Crippen molar-refractivity contribution in [1.82, 2.24) is 19.4 Å². The molecule has 34 heavy (non-hydrogen) atoms. The zero-order valence-electron chi connectivity index (χ0n) is 19.6. The van der Waals surface area contributed by atoms with Crippen LogP contribution in [0.2, 0.25) is 0 Å². The number of nitrogens with one attached hydrogen (secondary N) is 1. The first kappa shape index (κ1) is 24.9. The van der Waals surface area contributed by atoms with E-state index in [4.69, 9.17) is 4.74 Å². The molecule has 2 heterocycles. The smallest absolute Gasteiger partial charge is 0.310 e. The Morgan fingerprint density at radius 1 is 1.26 bits per heavy atom. The number of aryl methyl sites for hydroxylation is 1. The van der Waals surface area contributed by atoms with Gasteiger partial charge in [0.15, 0.2) is 0 Å². The van der Waals surface area contributed by atoms with Gasteiger partial charge in [-0.2, -0.15) is 0 Å². The summed E-state index contributed by atoms with van der Waals surface area (Å²) in [6.45, 7) is 3.33. The minimum atomic E-state index is -0.332. The Labute approximate surface area is 198 Å². The average molecular weight is 470 g/mol. The van der Waals surface area contributed by atoms with Crippen molar-refractivity contribution >= 4 is 29.4 Å². The van der Waals surface area contributed by atoms with E-state index in [1.165, 1.54) is 4.90 Å². The summed E-state index contributed by atoms with van der Waals surface area (Å²) < 4.78 is 6.89. The van der Waals surface area contributed by atoms with E-state index in [9.17, 15) is 19.2 Å². The first-order valence-electron chi connectivity index (χ1n) is 11.4. The van der Waals surface area contributed by atoms with Crippen LogP contribution in [0.25, 0.3) is 0 Å². The Morgan fingerprint density at radius 3 is 2.82 bits per heavy atom. The predicted molar refractivity (Wildman–Crippen MR) is 125 cm³/mol. The average Bonchev–Trinajstić information content (AvgIpc) is 3.36. The highest BCUT2D eigenvalue weighted by Gasteiger charge is 2.30. The molecule has 1 atom stereocenters. The number of nitrogens with zero attached hydrogens (tertiary/aromatic N) is 4. The third-order valence-electron chi connectivity index (χ3n) is 5.66. The Bertz CT molecular complexity index is 1010. The van der Waals surface area contributed by atoms with Crippen molar-refractivity contribution in [2.75, 3.05) is 38.6 Å². The topological polar surface area (TPSA) is 114 Å². The number of rotatable bonds is 9. The van der Waals surface area contributed by atoms with Gasteiger partial charge >= 0.3 is 5.97 Å². The lowest BCUT2D eigenvalue weighted by molar-refractivity contribution is -0.151. The summed E-state index contributed by atoms with van der Waals surface area (Å²) in [5.41, 5.74) is 0.875. The molecule has 182 valence electrons. The van der Waals surface area contributed by atoms with Crippen molar-refractivity contribution < 1.29 is 23.9 Å². The molecule has 1 N–H and O–H groups in total. The molecule has 0 aliphatic carbocycles. The van der Waals surface area contributed by atoms with Crippen molar-refractivity contribution in [3.8, 4) is 0 Å². The van der Waals surface area contributed by atoms with Crippen molar-refractivity contribution in [3.05, 3.63) is 48.5 Å². The van der Waals surface area contributed by atoms with Gasteiger partial charge in [-0.25, -0.2) is 4.98 Å². The summed E-state index contributed by atoms with van der Waals surface area (Å²) in [7, 11) is 1.56. The largest absolute Gasteiger partial charge is 0.466 e. The van der Waals surface area contributed by atoms with E-state index in [2.05, 4.69) is 10.3 Å². The minimum absolute atomic E-state index is 0.101. The van der Waals surface area contributed by atoms with E-state index < -0.39 is 0 Å². The number of imidazole rings is 1. The van der Waals surface area contributed by atoms with Gasteiger partial charge in [0.25, 0.3) is 5.91 Å². The summed E-state index contributed by atoms with van der Waals surface area (Å²) in [4.78, 5) is 56.8. The zero-order valence-corrected chi connectivity index (χ0v) is 19.6. The molecule has 0 spiro atoms. The second kappa shape index (κ2) is 12.0. The molecule has 1 aromatic heterocycles. The number of likely N-dealkylation sites (N-methyl/N-ethyl adjacent to an activating group) is 1. The van der Waals surface area contributed by atoms with Gasteiger partial charge in [-0.1, -0.05) is 6.07 Å². The van der Waals surface area contributed by atoms with Crippen molar-refractivity contribution in [2.24, 2.45) is 5.92 Å². The molecule has 1 unspecified atom stereocenters. The molecule has 0 radical (unpaired) electrons. The van der Waals surface area contributed by atoms with Gasteiger partial charge in [0.05, 0.1) is 25.4 Å². The molecule has 10 nitrogen and oxygen atoms in total. The highest BCUT2D eigenvalue weighted by atomic mass is 16.5. The monoisotopic (exact) mass is 469 g/mol. The minimum Gasteiger partial charge on any atom is -0.466 e. The third-order valence-corrected chi connectivity index (χ3v) is 5.66. The van der Waals surface area contributed by atoms with Gasteiger partial charge in [0.2, 0.25) is 11.8 Å². The lowest BCUT2D eigenvalue weighted by Gasteiger charge is -2.32. The van der Waals surface area contributed by atoms with Crippen LogP contribution >= 0.6 is 0 Å². The number of piperidine rings is 1. The van der Waals surface area contributed by atoms with Crippen LogP contribution < -0.4 is 5.32 Å². The van der Waals surface area contributed by atoms with Gasteiger partial charge in [-0.05, 0) is 38.0 Å². The molecule has 3 rings (SSSR count). The van der Waals surface area contributed by atoms with Crippen LogP contribution in [0.4, 0.5) is 5.69 Å². The fourth-order valence-electron chi connectivity index (χ4n) is 3.85. The summed E-state index contributed by atoms with van der Waals surface area (Å²) in [5.74, 6) is -1.33. The maximum absolute atomic E-state index is 12.9. The maximum atomic E-state index is 12.9. The Morgan fingerprint density at radius 2 is 2.09 bits per heavy atom. The lowest BCUT2D eigenvalue weighted by atomic mass is 9.98. The lowest BCUT2D eigenvalue weighted by Crippen LogP contribution is -2.47. The molecule has 0 saturated carbocycles. The summed E-state index contributed by atoms with van der Waals surface area (Å²) in [5, 5.41) is 2.79. The Kier molecular flexibility index (Phi) is 8.78. The second-order valence-electron chi connectivity index (χ2n) is 8.27. The van der Waals surface area contributed by atoms with Crippen LogP contribution in [0.15, 0.2) is 43.0 Å². The van der Waals surface area contributed by atoms with Crippen LogP contribution in [0.3, 0.4) is 0 Å². The molecule has 1 aromatic carbocycles.